The van der Waals surface area contributed by atoms with Gasteiger partial charge in [0, 0.05) is 13.6 Å². The van der Waals surface area contributed by atoms with Crippen LogP contribution >= 0.6 is 0 Å². The summed E-state index contributed by atoms with van der Waals surface area (Å²) in [5.41, 5.74) is 4.02. The highest BCUT2D eigenvalue weighted by atomic mass is 16.5. The second-order valence-corrected chi connectivity index (χ2v) is 5.79. The highest BCUT2D eigenvalue weighted by Gasteiger charge is 2.17. The Balaban J connectivity index is 1.91. The van der Waals surface area contributed by atoms with Crippen LogP contribution in [0.3, 0.4) is 0 Å². The molecular formula is C17H24N2O3. The highest BCUT2D eigenvalue weighted by molar-refractivity contribution is 5.52. The monoisotopic (exact) mass is 304 g/mol. The highest BCUT2D eigenvalue weighted by Crippen LogP contribution is 2.23. The molecule has 1 aromatic heterocycles. The van der Waals surface area contributed by atoms with E-state index in [2.05, 4.69) is 11.2 Å². The first kappa shape index (κ1) is 16.4. The number of nitrogens with zero attached hydrogens (tertiary/aromatic N) is 2. The van der Waals surface area contributed by atoms with E-state index in [-0.39, 0.29) is 6.61 Å². The Morgan fingerprint density at radius 3 is 2.59 bits per heavy atom. The first-order valence-electron chi connectivity index (χ1n) is 7.40. The van der Waals surface area contributed by atoms with Crippen molar-refractivity contribution in [2.45, 2.75) is 33.8 Å². The van der Waals surface area contributed by atoms with Crippen LogP contribution in [0, 0.1) is 27.7 Å². The average Bonchev–Trinajstić information content (AvgIpc) is 2.77. The van der Waals surface area contributed by atoms with Gasteiger partial charge in [-0.1, -0.05) is 22.9 Å². The molecule has 0 saturated carbocycles. The van der Waals surface area contributed by atoms with Gasteiger partial charge in [0.2, 0.25) is 0 Å². The molecule has 1 aromatic carbocycles. The third-order valence-corrected chi connectivity index (χ3v) is 3.62. The number of aromatic nitrogens is 1. The van der Waals surface area contributed by atoms with E-state index in [4.69, 9.17) is 9.26 Å². The summed E-state index contributed by atoms with van der Waals surface area (Å²) in [5, 5.41) is 14.1. The van der Waals surface area contributed by atoms with E-state index in [1.54, 1.807) is 0 Å². The summed E-state index contributed by atoms with van der Waals surface area (Å²) in [4.78, 5) is 1.94. The average molecular weight is 304 g/mol. The summed E-state index contributed by atoms with van der Waals surface area (Å²) in [6.07, 6.45) is -0.598. The van der Waals surface area contributed by atoms with Crippen molar-refractivity contribution < 1.29 is 14.4 Å². The number of rotatable bonds is 6. The van der Waals surface area contributed by atoms with Crippen LogP contribution in [0.2, 0.25) is 0 Å². The molecule has 1 atom stereocenters. The van der Waals surface area contributed by atoms with Gasteiger partial charge < -0.3 is 19.3 Å². The van der Waals surface area contributed by atoms with Gasteiger partial charge in [-0.2, -0.15) is 0 Å². The zero-order valence-corrected chi connectivity index (χ0v) is 13.9. The number of hydrogen-bond acceptors (Lipinski definition) is 5. The number of anilines is 1. The third kappa shape index (κ3) is 3.80. The molecule has 0 bridgehead atoms. The van der Waals surface area contributed by atoms with Crippen LogP contribution < -0.4 is 9.64 Å². The maximum absolute atomic E-state index is 10.2. The second-order valence-electron chi connectivity index (χ2n) is 5.79. The molecule has 1 unspecified atom stereocenters. The van der Waals surface area contributed by atoms with Crippen LogP contribution in [0.5, 0.6) is 5.75 Å². The Morgan fingerprint density at radius 2 is 2.00 bits per heavy atom. The van der Waals surface area contributed by atoms with Gasteiger partial charge in [0.15, 0.2) is 5.76 Å². The van der Waals surface area contributed by atoms with Crippen molar-refractivity contribution in [2.24, 2.45) is 0 Å². The summed E-state index contributed by atoms with van der Waals surface area (Å²) in [6, 6.07) is 6.01. The molecular weight excluding hydrogens is 280 g/mol. The lowest BCUT2D eigenvalue weighted by molar-refractivity contribution is 0.112. The van der Waals surface area contributed by atoms with Crippen LogP contribution in [0.1, 0.15) is 22.6 Å². The van der Waals surface area contributed by atoms with E-state index >= 15 is 0 Å². The Hall–Kier alpha value is -2.01. The summed E-state index contributed by atoms with van der Waals surface area (Å²) in [5.74, 6) is 1.56. The first-order valence-corrected chi connectivity index (χ1v) is 7.40. The molecule has 0 aliphatic heterocycles. The first-order chi connectivity index (χ1) is 10.4. The van der Waals surface area contributed by atoms with E-state index in [1.165, 1.54) is 5.56 Å². The minimum atomic E-state index is -0.598. The molecule has 1 heterocycles. The number of hydrogen-bond donors (Lipinski definition) is 1. The fourth-order valence-corrected chi connectivity index (χ4v) is 2.63. The molecule has 0 saturated heterocycles. The molecule has 0 radical (unpaired) electrons. The van der Waals surface area contributed by atoms with Gasteiger partial charge in [-0.3, -0.25) is 0 Å². The number of ether oxygens (including phenoxy) is 1. The lowest BCUT2D eigenvalue weighted by Gasteiger charge is -2.22. The van der Waals surface area contributed by atoms with E-state index < -0.39 is 6.10 Å². The molecule has 0 aliphatic rings. The van der Waals surface area contributed by atoms with E-state index in [9.17, 15) is 5.11 Å². The SMILES string of the molecule is Cc1ccc(OCC(O)CN(C)c2c(C)noc2C)c(C)c1. The summed E-state index contributed by atoms with van der Waals surface area (Å²) < 4.78 is 10.9. The molecule has 0 aliphatic carbocycles. The van der Waals surface area contributed by atoms with Crippen molar-refractivity contribution in [1.29, 1.82) is 0 Å². The minimum Gasteiger partial charge on any atom is -0.491 e. The zero-order chi connectivity index (χ0) is 16.3. The van der Waals surface area contributed by atoms with Crippen molar-refractivity contribution >= 4 is 5.69 Å². The fraction of sp³-hybridized carbons (Fsp3) is 0.471. The molecule has 0 spiro atoms. The Labute approximate surface area is 131 Å². The van der Waals surface area contributed by atoms with Crippen molar-refractivity contribution in [2.75, 3.05) is 25.1 Å². The van der Waals surface area contributed by atoms with Gasteiger partial charge in [-0.15, -0.1) is 0 Å². The van der Waals surface area contributed by atoms with Crippen molar-refractivity contribution in [3.05, 3.63) is 40.8 Å². The maximum atomic E-state index is 10.2. The topological polar surface area (TPSA) is 58.7 Å². The smallest absolute Gasteiger partial charge is 0.157 e. The van der Waals surface area contributed by atoms with Gasteiger partial charge in [-0.25, -0.2) is 0 Å². The lowest BCUT2D eigenvalue weighted by atomic mass is 10.1. The van der Waals surface area contributed by atoms with Crippen molar-refractivity contribution in [3.63, 3.8) is 0 Å². The fourth-order valence-electron chi connectivity index (χ4n) is 2.63. The number of aliphatic hydroxyl groups excluding tert-OH is 1. The number of benzene rings is 1. The van der Waals surface area contributed by atoms with E-state index in [0.29, 0.717) is 6.54 Å². The predicted octanol–water partition coefficient (Wildman–Crippen LogP) is 2.78. The van der Waals surface area contributed by atoms with Gasteiger partial charge in [0.05, 0.1) is 0 Å². The summed E-state index contributed by atoms with van der Waals surface area (Å²) in [7, 11) is 1.91. The zero-order valence-electron chi connectivity index (χ0n) is 13.9. The predicted molar refractivity (Wildman–Crippen MR) is 86.7 cm³/mol. The quantitative estimate of drug-likeness (QED) is 0.889. The number of likely N-dealkylation sites (N-methyl/N-ethyl adjacent to an activating group) is 1. The van der Waals surface area contributed by atoms with Crippen molar-refractivity contribution in [3.8, 4) is 5.75 Å². The normalized spacial score (nSPS) is 12.3. The van der Waals surface area contributed by atoms with Crippen LogP contribution in [0.25, 0.3) is 0 Å². The molecule has 5 heteroatoms. The summed E-state index contributed by atoms with van der Waals surface area (Å²) >= 11 is 0. The number of aryl methyl sites for hydroxylation is 4. The lowest BCUT2D eigenvalue weighted by Crippen LogP contribution is -2.33. The molecule has 1 N–H and O–H groups in total. The van der Waals surface area contributed by atoms with Crippen molar-refractivity contribution in [1.82, 2.24) is 5.16 Å². The van der Waals surface area contributed by atoms with Gasteiger partial charge in [-0.05, 0) is 39.3 Å². The Morgan fingerprint density at radius 1 is 1.27 bits per heavy atom. The van der Waals surface area contributed by atoms with Crippen LogP contribution in [-0.2, 0) is 0 Å². The molecule has 5 nitrogen and oxygen atoms in total. The standard InChI is InChI=1S/C17H24N2O3/c1-11-6-7-16(12(2)8-11)21-10-15(20)9-19(5)17-13(3)18-22-14(17)4/h6-8,15,20H,9-10H2,1-5H3. The van der Waals surface area contributed by atoms with Crippen LogP contribution in [-0.4, -0.2) is 36.6 Å². The second kappa shape index (κ2) is 6.83. The molecule has 2 aromatic rings. The van der Waals surface area contributed by atoms with Gasteiger partial charge >= 0.3 is 0 Å². The Kier molecular flexibility index (Phi) is 5.08. The molecule has 2 rings (SSSR count). The third-order valence-electron chi connectivity index (χ3n) is 3.62. The molecule has 22 heavy (non-hydrogen) atoms. The van der Waals surface area contributed by atoms with Crippen LogP contribution in [0.4, 0.5) is 5.69 Å². The molecule has 0 amide bonds. The number of aliphatic hydroxyl groups is 1. The van der Waals surface area contributed by atoms with Gasteiger partial charge in [0.1, 0.15) is 29.8 Å². The minimum absolute atomic E-state index is 0.248. The van der Waals surface area contributed by atoms with Crippen LogP contribution in [0.15, 0.2) is 22.7 Å². The van der Waals surface area contributed by atoms with E-state index in [1.807, 2.05) is 51.8 Å². The molecule has 120 valence electrons. The largest absolute Gasteiger partial charge is 0.491 e. The molecule has 0 fully saturated rings. The summed E-state index contributed by atoms with van der Waals surface area (Å²) in [6.45, 7) is 8.51. The Bertz CT molecular complexity index is 617. The van der Waals surface area contributed by atoms with Gasteiger partial charge in [0.25, 0.3) is 0 Å². The maximum Gasteiger partial charge on any atom is 0.157 e. The van der Waals surface area contributed by atoms with E-state index in [0.717, 1.165) is 28.5 Å².